The van der Waals surface area contributed by atoms with E-state index in [4.69, 9.17) is 0 Å². The molecule has 0 spiro atoms. The van der Waals surface area contributed by atoms with Crippen LogP contribution in [0.1, 0.15) is 5.56 Å². The molecule has 0 unspecified atom stereocenters. The first-order chi connectivity index (χ1) is 16.8. The molecular weight excluding hydrogens is 412 g/mol. The maximum Gasteiger partial charge on any atom is 0.0562 e. The van der Waals surface area contributed by atoms with Crippen molar-refractivity contribution in [1.82, 2.24) is 9.13 Å². The normalized spacial score (nSPS) is 11.6. The second kappa shape index (κ2) is 7.23. The van der Waals surface area contributed by atoms with Gasteiger partial charge in [-0.3, -0.25) is 0 Å². The molecule has 0 amide bonds. The van der Waals surface area contributed by atoms with Crippen molar-refractivity contribution in [2.45, 2.75) is 0 Å². The maximum absolute atomic E-state index is 3.91. The smallest absolute Gasteiger partial charge is 0.0562 e. The Kier molecular flexibility index (Phi) is 4.03. The molecule has 0 bridgehead atoms. The van der Waals surface area contributed by atoms with E-state index in [9.17, 15) is 0 Å². The summed E-state index contributed by atoms with van der Waals surface area (Å²) in [6.07, 6.45) is 1.89. The number of hydrogen-bond donors (Lipinski definition) is 0. The third kappa shape index (κ3) is 2.63. The molecule has 0 aliphatic heterocycles. The zero-order valence-corrected chi connectivity index (χ0v) is 18.6. The van der Waals surface area contributed by atoms with Crippen molar-refractivity contribution < 1.29 is 0 Å². The van der Waals surface area contributed by atoms with E-state index in [1.165, 1.54) is 49.3 Å². The molecule has 2 heteroatoms. The lowest BCUT2D eigenvalue weighted by Gasteiger charge is -2.10. The van der Waals surface area contributed by atoms with Crippen LogP contribution in [0.5, 0.6) is 0 Å². The first-order valence-electron chi connectivity index (χ1n) is 11.6. The Hall–Kier alpha value is -4.56. The molecule has 2 heterocycles. The molecule has 7 rings (SSSR count). The molecule has 0 fully saturated rings. The van der Waals surface area contributed by atoms with Gasteiger partial charge in [-0.2, -0.15) is 0 Å². The van der Waals surface area contributed by atoms with Crippen molar-refractivity contribution in [1.29, 1.82) is 0 Å². The van der Waals surface area contributed by atoms with E-state index < -0.39 is 0 Å². The number of nitrogens with zero attached hydrogens (tertiary/aromatic N) is 2. The Labute approximate surface area is 197 Å². The van der Waals surface area contributed by atoms with Crippen LogP contribution in [0, 0.1) is 0 Å². The predicted molar refractivity (Wildman–Crippen MR) is 145 cm³/mol. The van der Waals surface area contributed by atoms with Crippen LogP contribution >= 0.6 is 0 Å². The summed E-state index contributed by atoms with van der Waals surface area (Å²) in [7, 11) is 0. The molecule has 0 saturated carbocycles. The largest absolute Gasteiger partial charge is 0.309 e. The summed E-state index contributed by atoms with van der Waals surface area (Å²) in [6, 6.07) is 41.4. The van der Waals surface area contributed by atoms with Crippen molar-refractivity contribution in [2.24, 2.45) is 0 Å². The summed E-state index contributed by atoms with van der Waals surface area (Å²) in [5.74, 6) is 0. The third-order valence-electron chi connectivity index (χ3n) is 6.87. The number of benzene rings is 5. The van der Waals surface area contributed by atoms with Crippen LogP contribution in [-0.4, -0.2) is 9.13 Å². The van der Waals surface area contributed by atoms with E-state index in [2.05, 4.69) is 131 Å². The van der Waals surface area contributed by atoms with E-state index >= 15 is 0 Å². The molecule has 2 nitrogen and oxygen atoms in total. The highest BCUT2D eigenvalue weighted by molar-refractivity contribution is 6.19. The molecule has 160 valence electrons. The van der Waals surface area contributed by atoms with Crippen LogP contribution in [0.4, 0.5) is 0 Å². The number of rotatable bonds is 3. The van der Waals surface area contributed by atoms with Crippen LogP contribution in [0.25, 0.3) is 61.1 Å². The fraction of sp³-hybridized carbons (Fsp3) is 0. The lowest BCUT2D eigenvalue weighted by Crippen LogP contribution is -1.95. The van der Waals surface area contributed by atoms with Crippen LogP contribution in [0.3, 0.4) is 0 Å². The highest BCUT2D eigenvalue weighted by Gasteiger charge is 2.17. The van der Waals surface area contributed by atoms with Gasteiger partial charge < -0.3 is 9.13 Å². The van der Waals surface area contributed by atoms with Crippen molar-refractivity contribution in [3.05, 3.63) is 127 Å². The topological polar surface area (TPSA) is 9.86 Å². The Morgan fingerprint density at radius 2 is 0.941 bits per heavy atom. The van der Waals surface area contributed by atoms with E-state index in [1.807, 2.05) is 6.08 Å². The van der Waals surface area contributed by atoms with E-state index in [0.29, 0.717) is 0 Å². The number of aromatic nitrogens is 2. The average Bonchev–Trinajstić information content (AvgIpc) is 3.40. The number of hydrogen-bond acceptors (Lipinski definition) is 0. The average molecular weight is 435 g/mol. The standard InChI is InChI=1S/C32H22N2/c1-2-22-16-18-24(19-17-22)34-30-15-9-7-13-26(30)28-20-27-25-12-6-8-14-29(25)33(31(27)21-32(28)34)23-10-4-3-5-11-23/h2-21H,1H2. The van der Waals surface area contributed by atoms with E-state index in [1.54, 1.807) is 0 Å². The van der Waals surface area contributed by atoms with Gasteiger partial charge in [0.15, 0.2) is 0 Å². The van der Waals surface area contributed by atoms with Crippen LogP contribution < -0.4 is 0 Å². The van der Waals surface area contributed by atoms with Crippen LogP contribution in [-0.2, 0) is 0 Å². The van der Waals surface area contributed by atoms with Gasteiger partial charge in [-0.25, -0.2) is 0 Å². The molecule has 34 heavy (non-hydrogen) atoms. The van der Waals surface area contributed by atoms with Crippen molar-refractivity contribution in [2.75, 3.05) is 0 Å². The molecule has 5 aromatic carbocycles. The highest BCUT2D eigenvalue weighted by Crippen LogP contribution is 2.39. The summed E-state index contributed by atoms with van der Waals surface area (Å²) in [5.41, 5.74) is 8.31. The van der Waals surface area contributed by atoms with Gasteiger partial charge in [0.25, 0.3) is 0 Å². The molecule has 0 radical (unpaired) electrons. The van der Waals surface area contributed by atoms with E-state index in [-0.39, 0.29) is 0 Å². The molecule has 0 atom stereocenters. The van der Waals surface area contributed by atoms with Gasteiger partial charge in [0, 0.05) is 32.9 Å². The van der Waals surface area contributed by atoms with Gasteiger partial charge in [-0.15, -0.1) is 0 Å². The minimum absolute atomic E-state index is 1.12. The first kappa shape index (κ1) is 19.0. The molecular formula is C32H22N2. The first-order valence-corrected chi connectivity index (χ1v) is 11.6. The van der Waals surface area contributed by atoms with Crippen molar-refractivity contribution in [3.63, 3.8) is 0 Å². The zero-order chi connectivity index (χ0) is 22.6. The minimum Gasteiger partial charge on any atom is -0.309 e. The zero-order valence-electron chi connectivity index (χ0n) is 18.6. The minimum atomic E-state index is 1.12. The fourth-order valence-corrected chi connectivity index (χ4v) is 5.32. The summed E-state index contributed by atoms with van der Waals surface area (Å²) in [6.45, 7) is 3.91. The Morgan fingerprint density at radius 3 is 1.50 bits per heavy atom. The monoisotopic (exact) mass is 434 g/mol. The summed E-state index contributed by atoms with van der Waals surface area (Å²) in [5, 5.41) is 5.09. The van der Waals surface area contributed by atoms with Gasteiger partial charge in [-0.1, -0.05) is 79.4 Å². The third-order valence-corrected chi connectivity index (χ3v) is 6.87. The van der Waals surface area contributed by atoms with Gasteiger partial charge in [0.1, 0.15) is 0 Å². The fourth-order valence-electron chi connectivity index (χ4n) is 5.32. The quantitative estimate of drug-likeness (QED) is 0.264. The lowest BCUT2D eigenvalue weighted by atomic mass is 10.1. The number of para-hydroxylation sites is 3. The second-order valence-corrected chi connectivity index (χ2v) is 8.72. The summed E-state index contributed by atoms with van der Waals surface area (Å²) >= 11 is 0. The van der Waals surface area contributed by atoms with E-state index in [0.717, 1.165) is 11.3 Å². The number of fused-ring (bicyclic) bond motifs is 6. The SMILES string of the molecule is C=Cc1ccc(-n2c3ccccc3c3cc4c5ccccc5n(-c5ccccc5)c4cc32)cc1. The molecule has 7 aromatic rings. The molecule has 0 aliphatic rings. The lowest BCUT2D eigenvalue weighted by molar-refractivity contribution is 1.16. The van der Waals surface area contributed by atoms with Crippen LogP contribution in [0.2, 0.25) is 0 Å². The van der Waals surface area contributed by atoms with Gasteiger partial charge >= 0.3 is 0 Å². The van der Waals surface area contributed by atoms with Gasteiger partial charge in [0.2, 0.25) is 0 Å². The van der Waals surface area contributed by atoms with Crippen molar-refractivity contribution in [3.8, 4) is 11.4 Å². The maximum atomic E-state index is 3.91. The molecule has 0 saturated heterocycles. The second-order valence-electron chi connectivity index (χ2n) is 8.72. The molecule has 0 aliphatic carbocycles. The van der Waals surface area contributed by atoms with Gasteiger partial charge in [-0.05, 0) is 54.1 Å². The molecule has 2 aromatic heterocycles. The molecule has 0 N–H and O–H groups in total. The van der Waals surface area contributed by atoms with Crippen LogP contribution in [0.15, 0.2) is 122 Å². The Morgan fingerprint density at radius 1 is 0.441 bits per heavy atom. The Balaban J connectivity index is 1.66. The summed E-state index contributed by atoms with van der Waals surface area (Å²) in [4.78, 5) is 0. The predicted octanol–water partition coefficient (Wildman–Crippen LogP) is 8.52. The Bertz CT molecular complexity index is 1850. The highest BCUT2D eigenvalue weighted by atomic mass is 15.0. The summed E-state index contributed by atoms with van der Waals surface area (Å²) < 4.78 is 4.76. The van der Waals surface area contributed by atoms with Crippen molar-refractivity contribution >= 4 is 49.7 Å². The van der Waals surface area contributed by atoms with Gasteiger partial charge in [0.05, 0.1) is 22.1 Å².